The van der Waals surface area contributed by atoms with Crippen molar-refractivity contribution >= 4 is 18.6 Å². The minimum absolute atomic E-state index is 0.119. The number of esters is 1. The van der Waals surface area contributed by atoms with E-state index in [0.717, 1.165) is 19.3 Å². The van der Waals surface area contributed by atoms with E-state index in [2.05, 4.69) is 12.6 Å². The minimum Gasteiger partial charge on any atom is -0.459 e. The smallest absolute Gasteiger partial charge is 0.313 e. The van der Waals surface area contributed by atoms with Gasteiger partial charge in [0.05, 0.1) is 5.41 Å². The van der Waals surface area contributed by atoms with Gasteiger partial charge < -0.3 is 4.74 Å². The maximum absolute atomic E-state index is 12.0. The lowest BCUT2D eigenvalue weighted by Crippen LogP contribution is -2.39. The Kier molecular flexibility index (Phi) is 5.71. The van der Waals surface area contributed by atoms with Gasteiger partial charge in [-0.15, -0.1) is 0 Å². The molecule has 1 unspecified atom stereocenters. The molecule has 0 fully saturated rings. The molecule has 0 spiro atoms. The van der Waals surface area contributed by atoms with Crippen molar-refractivity contribution in [1.29, 1.82) is 0 Å². The van der Waals surface area contributed by atoms with Crippen LogP contribution >= 0.6 is 12.6 Å². The van der Waals surface area contributed by atoms with Crippen LogP contribution in [-0.2, 0) is 9.53 Å². The zero-order chi connectivity index (χ0) is 12.1. The summed E-state index contributed by atoms with van der Waals surface area (Å²) in [6.45, 7) is 9.97. The SMILES string of the molecule is CCC(C)(CC)OC(=O)C(C)(CC)CS. The minimum atomic E-state index is -0.450. The number of hydrogen-bond donors (Lipinski definition) is 1. The van der Waals surface area contributed by atoms with Gasteiger partial charge in [-0.1, -0.05) is 20.8 Å². The molecule has 3 heteroatoms. The highest BCUT2D eigenvalue weighted by atomic mass is 32.1. The van der Waals surface area contributed by atoms with E-state index in [-0.39, 0.29) is 11.6 Å². The van der Waals surface area contributed by atoms with Crippen molar-refractivity contribution in [3.05, 3.63) is 0 Å². The molecular weight excluding hydrogens is 208 g/mol. The molecule has 0 aliphatic heterocycles. The molecule has 0 heterocycles. The van der Waals surface area contributed by atoms with Crippen molar-refractivity contribution < 1.29 is 9.53 Å². The Bertz CT molecular complexity index is 206. The number of hydrogen-bond acceptors (Lipinski definition) is 3. The number of carbonyl (C=O) groups excluding carboxylic acids is 1. The Balaban J connectivity index is 4.60. The van der Waals surface area contributed by atoms with Gasteiger partial charge in [0.15, 0.2) is 0 Å². The molecule has 90 valence electrons. The predicted octanol–water partition coefficient (Wildman–Crippen LogP) is 3.45. The molecule has 0 saturated heterocycles. The first-order valence-electron chi connectivity index (χ1n) is 5.71. The van der Waals surface area contributed by atoms with Crippen LogP contribution in [0.3, 0.4) is 0 Å². The van der Waals surface area contributed by atoms with Gasteiger partial charge in [-0.3, -0.25) is 4.79 Å². The molecule has 0 N–H and O–H groups in total. The first kappa shape index (κ1) is 14.8. The van der Waals surface area contributed by atoms with Crippen LogP contribution in [0.4, 0.5) is 0 Å². The number of ether oxygens (including phenoxy) is 1. The summed E-state index contributed by atoms with van der Waals surface area (Å²) in [4.78, 5) is 12.0. The highest BCUT2D eigenvalue weighted by Gasteiger charge is 2.36. The summed E-state index contributed by atoms with van der Waals surface area (Å²) in [6.07, 6.45) is 2.46. The lowest BCUT2D eigenvalue weighted by Gasteiger charge is -2.32. The van der Waals surface area contributed by atoms with Crippen molar-refractivity contribution in [2.45, 2.75) is 59.5 Å². The Labute approximate surface area is 99.2 Å². The maximum Gasteiger partial charge on any atom is 0.313 e. The third-order valence-corrected chi connectivity index (χ3v) is 4.15. The summed E-state index contributed by atoms with van der Waals surface area (Å²) >= 11 is 4.23. The fourth-order valence-corrected chi connectivity index (χ4v) is 1.41. The summed E-state index contributed by atoms with van der Waals surface area (Å²) in [6, 6.07) is 0. The number of rotatable bonds is 6. The van der Waals surface area contributed by atoms with Crippen LogP contribution in [0.2, 0.25) is 0 Å². The average Bonchev–Trinajstić information content (AvgIpc) is 2.27. The molecule has 15 heavy (non-hydrogen) atoms. The van der Waals surface area contributed by atoms with E-state index in [1.54, 1.807) is 0 Å². The third-order valence-electron chi connectivity index (χ3n) is 3.46. The molecule has 0 amide bonds. The van der Waals surface area contributed by atoms with Crippen molar-refractivity contribution in [3.63, 3.8) is 0 Å². The highest BCUT2D eigenvalue weighted by Crippen LogP contribution is 2.29. The molecule has 0 aliphatic rings. The van der Waals surface area contributed by atoms with Gasteiger partial charge in [0.25, 0.3) is 0 Å². The highest BCUT2D eigenvalue weighted by molar-refractivity contribution is 7.80. The average molecular weight is 232 g/mol. The van der Waals surface area contributed by atoms with E-state index in [0.29, 0.717) is 5.75 Å². The zero-order valence-corrected chi connectivity index (χ0v) is 11.5. The van der Waals surface area contributed by atoms with Crippen LogP contribution in [0.15, 0.2) is 0 Å². The van der Waals surface area contributed by atoms with Crippen molar-refractivity contribution in [2.75, 3.05) is 5.75 Å². The molecule has 0 aromatic heterocycles. The molecule has 0 aromatic carbocycles. The lowest BCUT2D eigenvalue weighted by molar-refractivity contribution is -0.169. The Morgan fingerprint density at radius 1 is 1.13 bits per heavy atom. The normalized spacial score (nSPS) is 15.9. The van der Waals surface area contributed by atoms with Crippen molar-refractivity contribution in [2.24, 2.45) is 5.41 Å². The first-order valence-corrected chi connectivity index (χ1v) is 6.35. The van der Waals surface area contributed by atoms with E-state index in [1.165, 1.54) is 0 Å². The second kappa shape index (κ2) is 5.78. The van der Waals surface area contributed by atoms with Crippen LogP contribution in [0.1, 0.15) is 53.9 Å². The molecule has 0 radical (unpaired) electrons. The summed E-state index contributed by atoms with van der Waals surface area (Å²) in [7, 11) is 0. The van der Waals surface area contributed by atoms with E-state index < -0.39 is 5.41 Å². The maximum atomic E-state index is 12.0. The largest absolute Gasteiger partial charge is 0.459 e. The topological polar surface area (TPSA) is 26.3 Å². The quantitative estimate of drug-likeness (QED) is 0.561. The van der Waals surface area contributed by atoms with E-state index >= 15 is 0 Å². The summed E-state index contributed by atoms with van der Waals surface area (Å²) < 4.78 is 5.60. The summed E-state index contributed by atoms with van der Waals surface area (Å²) in [5.74, 6) is 0.414. The molecule has 0 aromatic rings. The molecule has 0 rings (SSSR count). The fraction of sp³-hybridized carbons (Fsp3) is 0.917. The second-order valence-corrected chi connectivity index (χ2v) is 4.94. The number of thiol groups is 1. The van der Waals surface area contributed by atoms with E-state index in [1.807, 2.05) is 34.6 Å². The molecule has 2 nitrogen and oxygen atoms in total. The Morgan fingerprint density at radius 3 is 1.87 bits per heavy atom. The van der Waals surface area contributed by atoms with Gasteiger partial charge in [0, 0.05) is 5.75 Å². The standard InChI is InChI=1S/C12H24O2S/c1-6-11(4,9-15)10(13)14-12(5,7-2)8-3/h15H,6-9H2,1-5H3. The third kappa shape index (κ3) is 3.71. The molecule has 0 saturated carbocycles. The van der Waals surface area contributed by atoms with Gasteiger partial charge in [-0.05, 0) is 33.1 Å². The van der Waals surface area contributed by atoms with Crippen LogP contribution in [0.25, 0.3) is 0 Å². The van der Waals surface area contributed by atoms with Gasteiger partial charge in [-0.2, -0.15) is 12.6 Å². The van der Waals surface area contributed by atoms with E-state index in [9.17, 15) is 4.79 Å². The van der Waals surface area contributed by atoms with Gasteiger partial charge >= 0.3 is 5.97 Å². The summed E-state index contributed by atoms with van der Waals surface area (Å²) in [5, 5.41) is 0. The molecule has 1 atom stereocenters. The fourth-order valence-electron chi connectivity index (χ4n) is 1.06. The first-order chi connectivity index (χ1) is 6.87. The lowest BCUT2D eigenvalue weighted by atomic mass is 9.89. The zero-order valence-electron chi connectivity index (χ0n) is 10.6. The van der Waals surface area contributed by atoms with Gasteiger partial charge in [-0.25, -0.2) is 0 Å². The summed E-state index contributed by atoms with van der Waals surface area (Å²) in [5.41, 5.74) is -0.773. The molecule has 0 bridgehead atoms. The Morgan fingerprint density at radius 2 is 1.60 bits per heavy atom. The molecule has 0 aliphatic carbocycles. The van der Waals surface area contributed by atoms with Crippen LogP contribution < -0.4 is 0 Å². The van der Waals surface area contributed by atoms with Crippen molar-refractivity contribution in [1.82, 2.24) is 0 Å². The predicted molar refractivity (Wildman–Crippen MR) is 67.3 cm³/mol. The number of carbonyl (C=O) groups is 1. The molecular formula is C12H24O2S. The van der Waals surface area contributed by atoms with Crippen LogP contribution in [0.5, 0.6) is 0 Å². The van der Waals surface area contributed by atoms with Gasteiger partial charge in [0.2, 0.25) is 0 Å². The van der Waals surface area contributed by atoms with Gasteiger partial charge in [0.1, 0.15) is 5.60 Å². The van der Waals surface area contributed by atoms with Crippen molar-refractivity contribution in [3.8, 4) is 0 Å². The van der Waals surface area contributed by atoms with Crippen LogP contribution in [0, 0.1) is 5.41 Å². The Hall–Kier alpha value is -0.180. The van der Waals surface area contributed by atoms with Crippen LogP contribution in [-0.4, -0.2) is 17.3 Å². The second-order valence-electron chi connectivity index (χ2n) is 4.62. The van der Waals surface area contributed by atoms with E-state index in [4.69, 9.17) is 4.74 Å². The monoisotopic (exact) mass is 232 g/mol.